The molecule has 1 aliphatic rings. The van der Waals surface area contributed by atoms with Crippen LogP contribution in [0.1, 0.15) is 63.4 Å². The zero-order chi connectivity index (χ0) is 24.0. The summed E-state index contributed by atoms with van der Waals surface area (Å²) in [6.45, 7) is 12.1. The van der Waals surface area contributed by atoms with Gasteiger partial charge < -0.3 is 0 Å². The second kappa shape index (κ2) is 8.51. The van der Waals surface area contributed by atoms with Gasteiger partial charge in [-0.15, -0.1) is 0 Å². The lowest BCUT2D eigenvalue weighted by molar-refractivity contribution is 0.403. The molecule has 0 amide bonds. The van der Waals surface area contributed by atoms with Crippen LogP contribution in [0.3, 0.4) is 0 Å². The van der Waals surface area contributed by atoms with Crippen LogP contribution in [0.4, 0.5) is 0 Å². The van der Waals surface area contributed by atoms with Gasteiger partial charge in [0.25, 0.3) is 0 Å². The summed E-state index contributed by atoms with van der Waals surface area (Å²) in [4.78, 5) is 0. The highest BCUT2D eigenvalue weighted by Crippen LogP contribution is 2.67. The lowest BCUT2D eigenvalue weighted by Crippen LogP contribution is -2.34. The Bertz CT molecular complexity index is 1170. The van der Waals surface area contributed by atoms with Gasteiger partial charge >= 0.3 is 0 Å². The zero-order valence-corrected chi connectivity index (χ0v) is 22.0. The second-order valence-electron chi connectivity index (χ2n) is 11.2. The van der Waals surface area contributed by atoms with Crippen LogP contribution in [0.15, 0.2) is 109 Å². The Hall–Kier alpha value is -2.69. The summed E-state index contributed by atoms with van der Waals surface area (Å²) in [5, 5.41) is 4.33. The fourth-order valence-corrected chi connectivity index (χ4v) is 11.4. The minimum Gasteiger partial charge on any atom is -0.0620 e. The minimum atomic E-state index is -1.97. The molecule has 0 heterocycles. The van der Waals surface area contributed by atoms with Crippen LogP contribution in [-0.4, -0.2) is 0 Å². The predicted octanol–water partition coefficient (Wildman–Crippen LogP) is 7.70. The summed E-state index contributed by atoms with van der Waals surface area (Å²) in [5.74, 6) is 0. The summed E-state index contributed by atoms with van der Waals surface area (Å²) >= 11 is 0. The molecule has 34 heavy (non-hydrogen) atoms. The second-order valence-corrected chi connectivity index (χ2v) is 14.9. The first kappa shape index (κ1) is 23.1. The molecule has 0 aliphatic heterocycles. The van der Waals surface area contributed by atoms with E-state index in [-0.39, 0.29) is 10.8 Å². The van der Waals surface area contributed by atoms with E-state index < -0.39 is 7.26 Å². The molecule has 4 aromatic carbocycles. The van der Waals surface area contributed by atoms with Crippen LogP contribution in [0.2, 0.25) is 0 Å². The van der Waals surface area contributed by atoms with E-state index in [0.29, 0.717) is 5.66 Å². The third-order valence-electron chi connectivity index (χ3n) is 7.94. The Morgan fingerprint density at radius 3 is 1.41 bits per heavy atom. The summed E-state index contributed by atoms with van der Waals surface area (Å²) in [5.41, 5.74) is 5.29. The van der Waals surface area contributed by atoms with E-state index in [1.165, 1.54) is 39.0 Å². The molecule has 1 atom stereocenters. The average Bonchev–Trinajstić information content (AvgIpc) is 3.04. The molecule has 0 radical (unpaired) electrons. The Labute approximate surface area is 206 Å². The van der Waals surface area contributed by atoms with Crippen molar-refractivity contribution in [3.05, 3.63) is 126 Å². The quantitative estimate of drug-likeness (QED) is 0.266. The topological polar surface area (TPSA) is 0 Å². The number of rotatable bonds is 5. The van der Waals surface area contributed by atoms with E-state index in [1.807, 2.05) is 0 Å². The smallest absolute Gasteiger partial charge is 0.0620 e. The van der Waals surface area contributed by atoms with Gasteiger partial charge in [0.05, 0.1) is 0 Å². The van der Waals surface area contributed by atoms with Crippen LogP contribution >= 0.6 is 7.26 Å². The van der Waals surface area contributed by atoms with E-state index in [1.54, 1.807) is 0 Å². The lowest BCUT2D eigenvalue weighted by atomic mass is 9.82. The molecule has 1 heteroatoms. The fraction of sp³-hybridized carbons (Fsp3) is 0.273. The number of hydrogen-bond donors (Lipinski definition) is 0. The fourth-order valence-electron chi connectivity index (χ4n) is 6.60. The molecule has 0 spiro atoms. The van der Waals surface area contributed by atoms with Crippen LogP contribution in [0.25, 0.3) is 0 Å². The minimum absolute atomic E-state index is 0.196. The van der Waals surface area contributed by atoms with Crippen molar-refractivity contribution in [1.29, 1.82) is 0 Å². The van der Waals surface area contributed by atoms with Crippen molar-refractivity contribution in [2.75, 3.05) is 0 Å². The summed E-state index contributed by atoms with van der Waals surface area (Å²) in [6.07, 6.45) is 1.20. The van der Waals surface area contributed by atoms with Gasteiger partial charge in [-0.2, -0.15) is 0 Å². The highest BCUT2D eigenvalue weighted by Gasteiger charge is 2.51. The van der Waals surface area contributed by atoms with Gasteiger partial charge in [-0.05, 0) is 77.3 Å². The normalized spacial score (nSPS) is 17.2. The van der Waals surface area contributed by atoms with Crippen LogP contribution in [-0.2, 0) is 10.8 Å². The van der Waals surface area contributed by atoms with Gasteiger partial charge in [0.15, 0.2) is 0 Å². The van der Waals surface area contributed by atoms with Crippen LogP contribution in [0.5, 0.6) is 0 Å². The molecule has 4 aromatic rings. The van der Waals surface area contributed by atoms with E-state index in [4.69, 9.17) is 0 Å². The van der Waals surface area contributed by atoms with Crippen molar-refractivity contribution in [2.24, 2.45) is 0 Å². The number of fused-ring (bicyclic) bond motifs is 1. The van der Waals surface area contributed by atoms with Gasteiger partial charge in [0.1, 0.15) is 28.8 Å². The maximum Gasteiger partial charge on any atom is 0.119 e. The molecule has 172 valence electrons. The standard InChI is InChI=1S/C33H36P/c1-25(26-21-22-30-31(23-26)33(4,5)24-32(30,2)3)34(27-15-9-6-10-16-27,28-17-11-7-12-18-28)29-19-13-8-14-20-29/h6-23,25H,24H2,1-5H3/q+1. The molecule has 0 nitrogen and oxygen atoms in total. The zero-order valence-electron chi connectivity index (χ0n) is 21.1. The Balaban J connectivity index is 1.79. The lowest BCUT2D eigenvalue weighted by Gasteiger charge is -2.34. The molecule has 0 bridgehead atoms. The van der Waals surface area contributed by atoms with Gasteiger partial charge in [0.2, 0.25) is 0 Å². The molecule has 0 aromatic heterocycles. The molecule has 1 aliphatic carbocycles. The van der Waals surface area contributed by atoms with E-state index >= 15 is 0 Å². The molecule has 5 rings (SSSR count). The van der Waals surface area contributed by atoms with Crippen molar-refractivity contribution < 1.29 is 0 Å². The van der Waals surface area contributed by atoms with E-state index in [2.05, 4.69) is 144 Å². The van der Waals surface area contributed by atoms with Crippen LogP contribution < -0.4 is 15.9 Å². The Morgan fingerprint density at radius 2 is 0.971 bits per heavy atom. The van der Waals surface area contributed by atoms with Gasteiger partial charge in [0, 0.05) is 0 Å². The molecular weight excluding hydrogens is 427 g/mol. The summed E-state index contributed by atoms with van der Waals surface area (Å²) in [6, 6.07) is 41.2. The number of benzene rings is 4. The average molecular weight is 464 g/mol. The first-order valence-electron chi connectivity index (χ1n) is 12.5. The van der Waals surface area contributed by atoms with E-state index in [9.17, 15) is 0 Å². The van der Waals surface area contributed by atoms with Crippen molar-refractivity contribution in [1.82, 2.24) is 0 Å². The molecule has 1 unspecified atom stereocenters. The van der Waals surface area contributed by atoms with Crippen molar-refractivity contribution in [3.63, 3.8) is 0 Å². The van der Waals surface area contributed by atoms with Crippen molar-refractivity contribution >= 4 is 23.2 Å². The maximum atomic E-state index is 2.55. The van der Waals surface area contributed by atoms with Crippen LogP contribution in [0, 0.1) is 0 Å². The highest BCUT2D eigenvalue weighted by molar-refractivity contribution is 7.95. The predicted molar refractivity (Wildman–Crippen MR) is 151 cm³/mol. The van der Waals surface area contributed by atoms with Crippen molar-refractivity contribution in [3.8, 4) is 0 Å². The molecule has 0 fully saturated rings. The maximum absolute atomic E-state index is 2.55. The first-order chi connectivity index (χ1) is 16.3. The Kier molecular flexibility index (Phi) is 5.78. The third kappa shape index (κ3) is 3.64. The SMILES string of the molecule is CC(c1ccc2c(c1)C(C)(C)CC2(C)C)[P+](c1ccccc1)(c1ccccc1)c1ccccc1. The molecule has 0 saturated heterocycles. The van der Waals surface area contributed by atoms with Gasteiger partial charge in [-0.3, -0.25) is 0 Å². The third-order valence-corrected chi connectivity index (χ3v) is 12.7. The first-order valence-corrected chi connectivity index (χ1v) is 14.3. The summed E-state index contributed by atoms with van der Waals surface area (Å²) in [7, 11) is -1.97. The monoisotopic (exact) mass is 463 g/mol. The Morgan fingerprint density at radius 1 is 0.559 bits per heavy atom. The van der Waals surface area contributed by atoms with Gasteiger partial charge in [-0.25, -0.2) is 0 Å². The van der Waals surface area contributed by atoms with Crippen molar-refractivity contribution in [2.45, 2.75) is 57.5 Å². The summed E-state index contributed by atoms with van der Waals surface area (Å²) < 4.78 is 0. The van der Waals surface area contributed by atoms with E-state index in [0.717, 1.165) is 0 Å². The molecule has 0 N–H and O–H groups in total. The molecule has 0 saturated carbocycles. The van der Waals surface area contributed by atoms with Gasteiger partial charge in [-0.1, -0.05) is 100 Å². The largest absolute Gasteiger partial charge is 0.119 e. The number of hydrogen-bond acceptors (Lipinski definition) is 0. The molecular formula is C33H36P+. The highest BCUT2D eigenvalue weighted by atomic mass is 31.2.